The van der Waals surface area contributed by atoms with Gasteiger partial charge >= 0.3 is 0 Å². The van der Waals surface area contributed by atoms with Gasteiger partial charge in [-0.2, -0.15) is 0 Å². The van der Waals surface area contributed by atoms with Gasteiger partial charge in [0.15, 0.2) is 11.0 Å². The van der Waals surface area contributed by atoms with E-state index in [0.29, 0.717) is 0 Å². The van der Waals surface area contributed by atoms with Crippen LogP contribution in [0.15, 0.2) is 34.8 Å². The largest absolute Gasteiger partial charge is 0.305 e. The molecule has 2 heterocycles. The fourth-order valence-electron chi connectivity index (χ4n) is 3.31. The third kappa shape index (κ3) is 3.03. The molecule has 2 aromatic heterocycles. The van der Waals surface area contributed by atoms with E-state index in [1.54, 1.807) is 16.6 Å². The number of rotatable bonds is 4. The Bertz CT molecular complexity index is 863. The molecule has 0 bridgehead atoms. The molecule has 0 unspecified atom stereocenters. The van der Waals surface area contributed by atoms with Crippen LogP contribution in [0.2, 0.25) is 0 Å². The van der Waals surface area contributed by atoms with Crippen molar-refractivity contribution in [1.82, 2.24) is 14.8 Å². The molecular formula is C19H21N3S2. The SMILES string of the molecule is Cc1cccc(CSc2nnc(-c3csc4c3CCCC4)n2C)c1. The summed E-state index contributed by atoms with van der Waals surface area (Å²) in [5.74, 6) is 1.94. The molecule has 0 saturated carbocycles. The first-order valence-corrected chi connectivity index (χ1v) is 10.3. The van der Waals surface area contributed by atoms with Gasteiger partial charge in [0.05, 0.1) is 0 Å². The van der Waals surface area contributed by atoms with Crippen molar-refractivity contribution in [2.75, 3.05) is 0 Å². The summed E-state index contributed by atoms with van der Waals surface area (Å²) in [7, 11) is 2.08. The van der Waals surface area contributed by atoms with E-state index in [0.717, 1.165) is 16.7 Å². The maximum atomic E-state index is 4.49. The number of thiophene rings is 1. The van der Waals surface area contributed by atoms with E-state index in [1.165, 1.54) is 47.9 Å². The van der Waals surface area contributed by atoms with E-state index in [2.05, 4.69) is 58.4 Å². The summed E-state index contributed by atoms with van der Waals surface area (Å²) in [6.45, 7) is 2.13. The molecule has 1 aliphatic rings. The summed E-state index contributed by atoms with van der Waals surface area (Å²) in [6.07, 6.45) is 5.03. The zero-order valence-corrected chi connectivity index (χ0v) is 15.7. The van der Waals surface area contributed by atoms with Crippen LogP contribution in [0.5, 0.6) is 0 Å². The topological polar surface area (TPSA) is 30.7 Å². The molecule has 3 aromatic rings. The second kappa shape index (κ2) is 6.73. The standard InChI is InChI=1S/C19H21N3S2/c1-13-6-5-7-14(10-13)11-24-19-21-20-18(22(19)2)16-12-23-17-9-4-3-8-15(16)17/h5-7,10,12H,3-4,8-9,11H2,1-2H3. The fourth-order valence-corrected chi connectivity index (χ4v) is 5.28. The highest BCUT2D eigenvalue weighted by atomic mass is 32.2. The van der Waals surface area contributed by atoms with Gasteiger partial charge in [0.2, 0.25) is 0 Å². The minimum Gasteiger partial charge on any atom is -0.305 e. The van der Waals surface area contributed by atoms with Gasteiger partial charge in [-0.1, -0.05) is 41.6 Å². The number of fused-ring (bicyclic) bond motifs is 1. The Balaban J connectivity index is 1.56. The third-order valence-electron chi connectivity index (χ3n) is 4.59. The Hall–Kier alpha value is -1.59. The van der Waals surface area contributed by atoms with Crippen LogP contribution in [0.25, 0.3) is 11.4 Å². The predicted octanol–water partition coefficient (Wildman–Crippen LogP) is 5.02. The summed E-state index contributed by atoms with van der Waals surface area (Å²) in [6, 6.07) is 8.66. The second-order valence-electron chi connectivity index (χ2n) is 6.40. The molecule has 4 rings (SSSR count). The molecule has 3 nitrogen and oxygen atoms in total. The Morgan fingerprint density at radius 1 is 1.21 bits per heavy atom. The summed E-state index contributed by atoms with van der Waals surface area (Å²) in [5.41, 5.74) is 5.44. The van der Waals surface area contributed by atoms with Crippen molar-refractivity contribution in [3.8, 4) is 11.4 Å². The highest BCUT2D eigenvalue weighted by molar-refractivity contribution is 7.98. The maximum Gasteiger partial charge on any atom is 0.191 e. The average Bonchev–Trinajstić information content (AvgIpc) is 3.16. The minimum atomic E-state index is 0.926. The summed E-state index contributed by atoms with van der Waals surface area (Å²) < 4.78 is 2.15. The lowest BCUT2D eigenvalue weighted by Crippen LogP contribution is -2.02. The number of thioether (sulfide) groups is 1. The molecule has 0 saturated heterocycles. The molecular weight excluding hydrogens is 334 g/mol. The summed E-state index contributed by atoms with van der Waals surface area (Å²) in [5, 5.41) is 12.2. The quantitative estimate of drug-likeness (QED) is 0.616. The predicted molar refractivity (Wildman–Crippen MR) is 102 cm³/mol. The Labute approximate surface area is 151 Å². The van der Waals surface area contributed by atoms with Gasteiger partial charge in [-0.15, -0.1) is 21.5 Å². The molecule has 0 aliphatic heterocycles. The highest BCUT2D eigenvalue weighted by Gasteiger charge is 2.20. The number of aromatic nitrogens is 3. The maximum absolute atomic E-state index is 4.49. The average molecular weight is 356 g/mol. The van der Waals surface area contributed by atoms with Crippen molar-refractivity contribution >= 4 is 23.1 Å². The number of hydrogen-bond acceptors (Lipinski definition) is 4. The van der Waals surface area contributed by atoms with Crippen LogP contribution >= 0.6 is 23.1 Å². The van der Waals surface area contributed by atoms with E-state index in [9.17, 15) is 0 Å². The zero-order chi connectivity index (χ0) is 16.5. The molecule has 1 aliphatic carbocycles. The van der Waals surface area contributed by atoms with Crippen LogP contribution in [-0.4, -0.2) is 14.8 Å². The van der Waals surface area contributed by atoms with Crippen molar-refractivity contribution in [1.29, 1.82) is 0 Å². The molecule has 0 spiro atoms. The van der Waals surface area contributed by atoms with E-state index in [1.807, 2.05) is 11.3 Å². The van der Waals surface area contributed by atoms with Crippen LogP contribution < -0.4 is 0 Å². The van der Waals surface area contributed by atoms with Crippen molar-refractivity contribution in [3.63, 3.8) is 0 Å². The van der Waals surface area contributed by atoms with Crippen molar-refractivity contribution in [2.45, 2.75) is 43.5 Å². The normalized spacial score (nSPS) is 13.9. The molecule has 0 N–H and O–H groups in total. The smallest absolute Gasteiger partial charge is 0.191 e. The Morgan fingerprint density at radius 2 is 2.08 bits per heavy atom. The first-order chi connectivity index (χ1) is 11.7. The molecule has 24 heavy (non-hydrogen) atoms. The van der Waals surface area contributed by atoms with Gasteiger partial charge in [-0.25, -0.2) is 0 Å². The Morgan fingerprint density at radius 3 is 2.96 bits per heavy atom. The third-order valence-corrected chi connectivity index (χ3v) is 6.77. The van der Waals surface area contributed by atoms with Crippen molar-refractivity contribution < 1.29 is 0 Å². The van der Waals surface area contributed by atoms with Gasteiger partial charge in [0.1, 0.15) is 0 Å². The number of aryl methyl sites for hydroxylation is 2. The van der Waals surface area contributed by atoms with Gasteiger partial charge in [0.25, 0.3) is 0 Å². The van der Waals surface area contributed by atoms with Crippen LogP contribution in [0.3, 0.4) is 0 Å². The molecule has 124 valence electrons. The zero-order valence-electron chi connectivity index (χ0n) is 14.1. The molecule has 0 radical (unpaired) electrons. The summed E-state index contributed by atoms with van der Waals surface area (Å²) in [4.78, 5) is 1.55. The number of hydrogen-bond donors (Lipinski definition) is 0. The lowest BCUT2D eigenvalue weighted by Gasteiger charge is -2.12. The first kappa shape index (κ1) is 15.9. The van der Waals surface area contributed by atoms with Gasteiger partial charge in [-0.05, 0) is 43.7 Å². The van der Waals surface area contributed by atoms with E-state index < -0.39 is 0 Å². The van der Waals surface area contributed by atoms with E-state index in [4.69, 9.17) is 0 Å². The van der Waals surface area contributed by atoms with Crippen LogP contribution in [0.4, 0.5) is 0 Å². The Kier molecular flexibility index (Phi) is 4.46. The number of nitrogens with zero attached hydrogens (tertiary/aromatic N) is 3. The number of benzene rings is 1. The lowest BCUT2D eigenvalue weighted by molar-refractivity contribution is 0.696. The highest BCUT2D eigenvalue weighted by Crippen LogP contribution is 2.36. The molecule has 0 fully saturated rings. The van der Waals surface area contributed by atoms with Gasteiger partial charge in [0, 0.05) is 28.6 Å². The monoisotopic (exact) mass is 355 g/mol. The second-order valence-corrected chi connectivity index (χ2v) is 8.31. The molecule has 5 heteroatoms. The van der Waals surface area contributed by atoms with Crippen molar-refractivity contribution in [3.05, 3.63) is 51.2 Å². The van der Waals surface area contributed by atoms with Crippen LogP contribution in [0, 0.1) is 6.92 Å². The molecule has 0 atom stereocenters. The van der Waals surface area contributed by atoms with Crippen molar-refractivity contribution in [2.24, 2.45) is 7.05 Å². The summed E-state index contributed by atoms with van der Waals surface area (Å²) >= 11 is 3.65. The molecule has 1 aromatic carbocycles. The lowest BCUT2D eigenvalue weighted by atomic mass is 9.96. The first-order valence-electron chi connectivity index (χ1n) is 8.39. The van der Waals surface area contributed by atoms with E-state index >= 15 is 0 Å². The molecule has 0 amide bonds. The van der Waals surface area contributed by atoms with Gasteiger partial charge in [-0.3, -0.25) is 0 Å². The fraction of sp³-hybridized carbons (Fsp3) is 0.368. The van der Waals surface area contributed by atoms with Crippen LogP contribution in [0.1, 0.15) is 34.4 Å². The van der Waals surface area contributed by atoms with Gasteiger partial charge < -0.3 is 4.57 Å². The minimum absolute atomic E-state index is 0.926. The van der Waals surface area contributed by atoms with E-state index in [-0.39, 0.29) is 0 Å². The van der Waals surface area contributed by atoms with Crippen LogP contribution in [-0.2, 0) is 25.6 Å².